The van der Waals surface area contributed by atoms with E-state index < -0.39 is 0 Å². The van der Waals surface area contributed by atoms with Crippen molar-refractivity contribution in [1.29, 1.82) is 0 Å². The minimum absolute atomic E-state index is 0.0101. The van der Waals surface area contributed by atoms with Crippen molar-refractivity contribution in [2.24, 2.45) is 5.92 Å². The number of hydrogen-bond donors (Lipinski definition) is 0. The minimum Gasteiger partial charge on any atom is -0.477 e. The molecule has 0 aromatic carbocycles. The molecule has 0 aliphatic rings. The van der Waals surface area contributed by atoms with Crippen molar-refractivity contribution in [1.82, 2.24) is 9.88 Å². The van der Waals surface area contributed by atoms with Gasteiger partial charge < -0.3 is 9.64 Å². The fourth-order valence-electron chi connectivity index (χ4n) is 2.19. The lowest BCUT2D eigenvalue weighted by Gasteiger charge is -2.26. The number of carbonyl (C=O) groups is 1. The molecule has 0 atom stereocenters. The third-order valence-electron chi connectivity index (χ3n) is 3.58. The molecule has 20 heavy (non-hydrogen) atoms. The van der Waals surface area contributed by atoms with Crippen LogP contribution in [-0.4, -0.2) is 35.5 Å². The van der Waals surface area contributed by atoms with E-state index in [1.165, 1.54) is 0 Å². The largest absolute Gasteiger partial charge is 0.477 e. The molecule has 1 aromatic rings. The van der Waals surface area contributed by atoms with E-state index in [2.05, 4.69) is 18.8 Å². The SMILES string of the molecule is CCOc1ncccc1C(=O)N(CC)CC(CC)CC. The maximum atomic E-state index is 12.6. The van der Waals surface area contributed by atoms with E-state index in [0.717, 1.165) is 19.4 Å². The zero-order valence-electron chi connectivity index (χ0n) is 13.1. The molecule has 4 nitrogen and oxygen atoms in total. The molecule has 1 heterocycles. The molecule has 0 bridgehead atoms. The summed E-state index contributed by atoms with van der Waals surface area (Å²) in [5, 5.41) is 0. The maximum Gasteiger partial charge on any atom is 0.259 e. The van der Waals surface area contributed by atoms with Gasteiger partial charge in [-0.2, -0.15) is 0 Å². The molecular weight excluding hydrogens is 252 g/mol. The fourth-order valence-corrected chi connectivity index (χ4v) is 2.19. The molecule has 1 aromatic heterocycles. The minimum atomic E-state index is 0.0101. The topological polar surface area (TPSA) is 42.4 Å². The second-order valence-electron chi connectivity index (χ2n) is 4.82. The molecule has 0 fully saturated rings. The van der Waals surface area contributed by atoms with Crippen molar-refractivity contribution in [3.05, 3.63) is 23.9 Å². The Bertz CT molecular complexity index is 417. The Morgan fingerprint density at radius 2 is 2.00 bits per heavy atom. The van der Waals surface area contributed by atoms with Crippen LogP contribution >= 0.6 is 0 Å². The van der Waals surface area contributed by atoms with Gasteiger partial charge in [0.1, 0.15) is 5.56 Å². The van der Waals surface area contributed by atoms with Gasteiger partial charge >= 0.3 is 0 Å². The Balaban J connectivity index is 2.90. The number of rotatable bonds is 8. The lowest BCUT2D eigenvalue weighted by Crippen LogP contribution is -2.35. The molecule has 1 amide bonds. The van der Waals surface area contributed by atoms with Crippen molar-refractivity contribution >= 4 is 5.91 Å². The van der Waals surface area contributed by atoms with Crippen LogP contribution in [0.15, 0.2) is 18.3 Å². The first kappa shape index (κ1) is 16.5. The fraction of sp³-hybridized carbons (Fsp3) is 0.625. The Morgan fingerprint density at radius 3 is 2.55 bits per heavy atom. The van der Waals surface area contributed by atoms with Gasteiger partial charge in [-0.3, -0.25) is 4.79 Å². The van der Waals surface area contributed by atoms with E-state index in [-0.39, 0.29) is 5.91 Å². The summed E-state index contributed by atoms with van der Waals surface area (Å²) >= 11 is 0. The highest BCUT2D eigenvalue weighted by Crippen LogP contribution is 2.18. The first-order chi connectivity index (χ1) is 9.67. The van der Waals surface area contributed by atoms with Gasteiger partial charge in [0.05, 0.1) is 6.61 Å². The van der Waals surface area contributed by atoms with E-state index in [9.17, 15) is 4.79 Å². The second kappa shape index (κ2) is 8.56. The summed E-state index contributed by atoms with van der Waals surface area (Å²) in [6.07, 6.45) is 3.83. The van der Waals surface area contributed by atoms with Gasteiger partial charge in [-0.15, -0.1) is 0 Å². The summed E-state index contributed by atoms with van der Waals surface area (Å²) in [5.41, 5.74) is 0.558. The standard InChI is InChI=1S/C16H26N2O2/c1-5-13(6-2)12-18(7-3)16(19)14-10-9-11-17-15(14)20-8-4/h9-11,13H,5-8,12H2,1-4H3. The third kappa shape index (κ3) is 4.22. The molecule has 0 saturated heterocycles. The number of hydrogen-bond acceptors (Lipinski definition) is 3. The van der Waals surface area contributed by atoms with Gasteiger partial charge in [-0.05, 0) is 31.9 Å². The van der Waals surface area contributed by atoms with Gasteiger partial charge in [-0.1, -0.05) is 26.7 Å². The highest BCUT2D eigenvalue weighted by Gasteiger charge is 2.21. The summed E-state index contributed by atoms with van der Waals surface area (Å²) in [6.45, 7) is 10.3. The number of amides is 1. The maximum absolute atomic E-state index is 12.6. The van der Waals surface area contributed by atoms with Crippen LogP contribution in [0.25, 0.3) is 0 Å². The Morgan fingerprint density at radius 1 is 1.30 bits per heavy atom. The van der Waals surface area contributed by atoms with Crippen LogP contribution in [0.5, 0.6) is 5.88 Å². The van der Waals surface area contributed by atoms with Gasteiger partial charge in [0.15, 0.2) is 0 Å². The smallest absolute Gasteiger partial charge is 0.259 e. The first-order valence-electron chi connectivity index (χ1n) is 7.54. The Hall–Kier alpha value is -1.58. The van der Waals surface area contributed by atoms with E-state index in [4.69, 9.17) is 4.74 Å². The van der Waals surface area contributed by atoms with Gasteiger partial charge in [0, 0.05) is 19.3 Å². The Kier molecular flexibility index (Phi) is 7.05. The summed E-state index contributed by atoms with van der Waals surface area (Å²) in [7, 11) is 0. The molecule has 0 N–H and O–H groups in total. The van der Waals surface area contributed by atoms with E-state index in [1.807, 2.05) is 18.7 Å². The lowest BCUT2D eigenvalue weighted by atomic mass is 10.0. The van der Waals surface area contributed by atoms with Crippen molar-refractivity contribution in [3.63, 3.8) is 0 Å². The molecule has 0 saturated carbocycles. The molecule has 112 valence electrons. The van der Waals surface area contributed by atoms with Crippen LogP contribution in [-0.2, 0) is 0 Å². The average Bonchev–Trinajstić information content (AvgIpc) is 2.49. The van der Waals surface area contributed by atoms with Crippen LogP contribution in [0.1, 0.15) is 50.9 Å². The molecule has 0 radical (unpaired) electrons. The highest BCUT2D eigenvalue weighted by atomic mass is 16.5. The zero-order chi connectivity index (χ0) is 15.0. The first-order valence-corrected chi connectivity index (χ1v) is 7.54. The quantitative estimate of drug-likeness (QED) is 0.732. The van der Waals surface area contributed by atoms with Crippen molar-refractivity contribution in [2.45, 2.75) is 40.5 Å². The predicted octanol–water partition coefficient (Wildman–Crippen LogP) is 3.38. The normalized spacial score (nSPS) is 10.7. The van der Waals surface area contributed by atoms with Crippen LogP contribution in [0.2, 0.25) is 0 Å². The van der Waals surface area contributed by atoms with Crippen molar-refractivity contribution < 1.29 is 9.53 Å². The summed E-state index contributed by atoms with van der Waals surface area (Å²) in [5.74, 6) is 0.991. The molecule has 4 heteroatoms. The molecule has 0 aliphatic heterocycles. The Labute approximate surface area is 122 Å². The highest BCUT2D eigenvalue weighted by molar-refractivity contribution is 5.96. The van der Waals surface area contributed by atoms with E-state index in [1.54, 1.807) is 18.3 Å². The number of ether oxygens (including phenoxy) is 1. The van der Waals surface area contributed by atoms with Crippen LogP contribution in [0, 0.1) is 5.92 Å². The van der Waals surface area contributed by atoms with Crippen molar-refractivity contribution in [2.75, 3.05) is 19.7 Å². The third-order valence-corrected chi connectivity index (χ3v) is 3.58. The van der Waals surface area contributed by atoms with Crippen LogP contribution in [0.4, 0.5) is 0 Å². The molecule has 0 unspecified atom stereocenters. The summed E-state index contributed by atoms with van der Waals surface area (Å²) in [4.78, 5) is 18.7. The van der Waals surface area contributed by atoms with E-state index in [0.29, 0.717) is 30.5 Å². The van der Waals surface area contributed by atoms with Crippen LogP contribution in [0.3, 0.4) is 0 Å². The zero-order valence-corrected chi connectivity index (χ0v) is 13.1. The van der Waals surface area contributed by atoms with Gasteiger partial charge in [0.25, 0.3) is 5.91 Å². The lowest BCUT2D eigenvalue weighted by molar-refractivity contribution is 0.0730. The van der Waals surface area contributed by atoms with Gasteiger partial charge in [-0.25, -0.2) is 4.98 Å². The van der Waals surface area contributed by atoms with Gasteiger partial charge in [0.2, 0.25) is 5.88 Å². The van der Waals surface area contributed by atoms with Crippen molar-refractivity contribution in [3.8, 4) is 5.88 Å². The number of pyridine rings is 1. The average molecular weight is 278 g/mol. The second-order valence-corrected chi connectivity index (χ2v) is 4.82. The molecule has 1 rings (SSSR count). The molecule has 0 aliphatic carbocycles. The molecule has 0 spiro atoms. The number of aromatic nitrogens is 1. The van der Waals surface area contributed by atoms with Crippen LogP contribution < -0.4 is 4.74 Å². The number of nitrogens with zero attached hydrogens (tertiary/aromatic N) is 2. The summed E-state index contributed by atoms with van der Waals surface area (Å²) < 4.78 is 5.45. The number of carbonyl (C=O) groups excluding carboxylic acids is 1. The summed E-state index contributed by atoms with van der Waals surface area (Å²) in [6, 6.07) is 3.57. The predicted molar refractivity (Wildman–Crippen MR) is 81.1 cm³/mol. The molecular formula is C16H26N2O2. The van der Waals surface area contributed by atoms with E-state index >= 15 is 0 Å². The monoisotopic (exact) mass is 278 g/mol.